The van der Waals surface area contributed by atoms with Crippen molar-refractivity contribution in [2.75, 3.05) is 0 Å². The molecule has 2 rings (SSSR count). The molecule has 2 heteroatoms. The number of nitrogens with zero attached hydrogens (tertiary/aromatic N) is 2. The lowest BCUT2D eigenvalue weighted by Gasteiger charge is -2.17. The van der Waals surface area contributed by atoms with Crippen molar-refractivity contribution >= 4 is 0 Å². The van der Waals surface area contributed by atoms with Crippen LogP contribution in [0.2, 0.25) is 0 Å². The Hall–Kier alpha value is -1.70. The molecule has 2 aromatic rings. The normalized spacial score (nSPS) is 12.8. The summed E-state index contributed by atoms with van der Waals surface area (Å²) in [6.45, 7) is 13.5. The molecule has 2 nitrogen and oxygen atoms in total. The van der Waals surface area contributed by atoms with Gasteiger partial charge in [0.15, 0.2) is 0 Å². The van der Waals surface area contributed by atoms with Crippen molar-refractivity contribution in [2.45, 2.75) is 73.6 Å². The largest absolute Gasteiger partial charge is 0.261 e. The van der Waals surface area contributed by atoms with Crippen molar-refractivity contribution in [3.63, 3.8) is 0 Å². The Morgan fingerprint density at radius 1 is 0.680 bits per heavy atom. The summed E-state index contributed by atoms with van der Waals surface area (Å²) in [6.07, 6.45) is 6.10. The topological polar surface area (TPSA) is 25.8 Å². The molecule has 2 heterocycles. The quantitative estimate of drug-likeness (QED) is 0.559. The predicted molar refractivity (Wildman–Crippen MR) is 111 cm³/mol. The van der Waals surface area contributed by atoms with E-state index >= 15 is 0 Å². The summed E-state index contributed by atoms with van der Waals surface area (Å²) >= 11 is 0. The molecule has 0 aliphatic heterocycles. The molecule has 0 aliphatic rings. The summed E-state index contributed by atoms with van der Waals surface area (Å²) in [5.41, 5.74) is 2.46. The highest BCUT2D eigenvalue weighted by molar-refractivity contribution is 5.10. The van der Waals surface area contributed by atoms with Crippen LogP contribution in [0.15, 0.2) is 48.8 Å². The SMILES string of the molecule is C.CC[C@@H](c1ccccn1)C(C)C.CC[C@H](c1ccccn1)C(C)C. The Labute approximate surface area is 156 Å². The average Bonchev–Trinajstić information content (AvgIpc) is 2.58. The summed E-state index contributed by atoms with van der Waals surface area (Å²) in [5.74, 6) is 2.60. The smallest absolute Gasteiger partial charge is 0.0436 e. The lowest BCUT2D eigenvalue weighted by molar-refractivity contribution is 0.475. The number of rotatable bonds is 6. The van der Waals surface area contributed by atoms with Crippen molar-refractivity contribution in [3.8, 4) is 0 Å². The van der Waals surface area contributed by atoms with E-state index in [1.807, 2.05) is 24.5 Å². The van der Waals surface area contributed by atoms with Gasteiger partial charge in [0.2, 0.25) is 0 Å². The summed E-state index contributed by atoms with van der Waals surface area (Å²) < 4.78 is 0. The van der Waals surface area contributed by atoms with E-state index in [4.69, 9.17) is 0 Å². The van der Waals surface area contributed by atoms with Crippen LogP contribution in [0.25, 0.3) is 0 Å². The molecule has 0 spiro atoms. The first-order valence-electron chi connectivity index (χ1n) is 9.33. The van der Waals surface area contributed by atoms with E-state index in [9.17, 15) is 0 Å². The summed E-state index contributed by atoms with van der Waals surface area (Å²) in [6, 6.07) is 12.3. The first kappa shape index (κ1) is 23.3. The van der Waals surface area contributed by atoms with Crippen LogP contribution in [0, 0.1) is 11.8 Å². The maximum atomic E-state index is 4.37. The van der Waals surface area contributed by atoms with Crippen LogP contribution in [-0.2, 0) is 0 Å². The van der Waals surface area contributed by atoms with Gasteiger partial charge in [0.05, 0.1) is 0 Å². The van der Waals surface area contributed by atoms with E-state index in [0.29, 0.717) is 23.7 Å². The fourth-order valence-electron chi connectivity index (χ4n) is 3.23. The Kier molecular flexibility index (Phi) is 11.8. The standard InChI is InChI=1S/2C11H17N.CH4/c2*1-4-10(9(2)3)11-7-5-6-8-12-11;/h2*5-10H,4H2,1-3H3;1H4/t2*10-;/m10./s1. The first-order chi connectivity index (χ1) is 11.5. The van der Waals surface area contributed by atoms with Gasteiger partial charge in [-0.15, -0.1) is 0 Å². The molecule has 0 N–H and O–H groups in total. The predicted octanol–water partition coefficient (Wildman–Crippen LogP) is 7.10. The van der Waals surface area contributed by atoms with Crippen molar-refractivity contribution in [2.24, 2.45) is 11.8 Å². The minimum absolute atomic E-state index is 0. The van der Waals surface area contributed by atoms with Crippen LogP contribution in [0.5, 0.6) is 0 Å². The zero-order valence-corrected chi connectivity index (χ0v) is 16.2. The molecule has 2 aromatic heterocycles. The maximum absolute atomic E-state index is 4.37. The summed E-state index contributed by atoms with van der Waals surface area (Å²) in [7, 11) is 0. The second-order valence-corrected chi connectivity index (χ2v) is 7.03. The van der Waals surface area contributed by atoms with Gasteiger partial charge in [-0.3, -0.25) is 9.97 Å². The molecule has 25 heavy (non-hydrogen) atoms. The average molecular weight is 343 g/mol. The van der Waals surface area contributed by atoms with Crippen LogP contribution in [0.1, 0.15) is 85.0 Å². The van der Waals surface area contributed by atoms with Gasteiger partial charge >= 0.3 is 0 Å². The van der Waals surface area contributed by atoms with Crippen LogP contribution in [0.3, 0.4) is 0 Å². The minimum atomic E-state index is 0. The zero-order valence-electron chi connectivity index (χ0n) is 16.2. The van der Waals surface area contributed by atoms with Crippen molar-refractivity contribution in [1.29, 1.82) is 0 Å². The third-order valence-electron chi connectivity index (χ3n) is 4.62. The molecule has 0 unspecified atom stereocenters. The van der Waals surface area contributed by atoms with E-state index in [1.165, 1.54) is 24.2 Å². The van der Waals surface area contributed by atoms with Crippen LogP contribution in [0.4, 0.5) is 0 Å². The molecular weight excluding hydrogens is 304 g/mol. The lowest BCUT2D eigenvalue weighted by Crippen LogP contribution is -2.06. The molecule has 0 bridgehead atoms. The van der Waals surface area contributed by atoms with E-state index in [0.717, 1.165) is 0 Å². The summed E-state index contributed by atoms with van der Waals surface area (Å²) in [5, 5.41) is 0. The number of aromatic nitrogens is 2. The Morgan fingerprint density at radius 2 is 1.04 bits per heavy atom. The second kappa shape index (κ2) is 12.6. The Balaban J connectivity index is 0.000000443. The van der Waals surface area contributed by atoms with E-state index in [-0.39, 0.29) is 7.43 Å². The highest BCUT2D eigenvalue weighted by Gasteiger charge is 2.14. The van der Waals surface area contributed by atoms with Crippen molar-refractivity contribution < 1.29 is 0 Å². The molecule has 0 aliphatic carbocycles. The Morgan fingerprint density at radius 3 is 1.24 bits per heavy atom. The number of hydrogen-bond acceptors (Lipinski definition) is 2. The van der Waals surface area contributed by atoms with Crippen molar-refractivity contribution in [1.82, 2.24) is 9.97 Å². The van der Waals surface area contributed by atoms with Gasteiger partial charge in [0.25, 0.3) is 0 Å². The van der Waals surface area contributed by atoms with E-state index < -0.39 is 0 Å². The lowest BCUT2D eigenvalue weighted by atomic mass is 9.90. The number of hydrogen-bond donors (Lipinski definition) is 0. The molecular formula is C23H38N2. The van der Waals surface area contributed by atoms with Gasteiger partial charge in [0, 0.05) is 35.6 Å². The first-order valence-corrected chi connectivity index (χ1v) is 9.33. The van der Waals surface area contributed by atoms with Gasteiger partial charge in [-0.25, -0.2) is 0 Å². The molecule has 0 amide bonds. The fraction of sp³-hybridized carbons (Fsp3) is 0.565. The van der Waals surface area contributed by atoms with Crippen LogP contribution in [-0.4, -0.2) is 9.97 Å². The summed E-state index contributed by atoms with van der Waals surface area (Å²) in [4.78, 5) is 8.74. The number of pyridine rings is 2. The van der Waals surface area contributed by atoms with E-state index in [1.54, 1.807) is 0 Å². The zero-order chi connectivity index (χ0) is 17.9. The van der Waals surface area contributed by atoms with E-state index in [2.05, 4.69) is 75.8 Å². The van der Waals surface area contributed by atoms with Gasteiger partial charge in [-0.1, -0.05) is 61.1 Å². The molecule has 0 saturated heterocycles. The second-order valence-electron chi connectivity index (χ2n) is 7.03. The Bertz CT molecular complexity index is 483. The molecule has 0 aromatic carbocycles. The van der Waals surface area contributed by atoms with Crippen LogP contribution >= 0.6 is 0 Å². The molecule has 0 radical (unpaired) electrons. The molecule has 0 saturated carbocycles. The third-order valence-corrected chi connectivity index (χ3v) is 4.62. The van der Waals surface area contributed by atoms with Gasteiger partial charge in [-0.05, 0) is 48.9 Å². The van der Waals surface area contributed by atoms with Gasteiger partial charge < -0.3 is 0 Å². The molecule has 2 atom stereocenters. The third kappa shape index (κ3) is 7.81. The molecule has 140 valence electrons. The minimum Gasteiger partial charge on any atom is -0.261 e. The van der Waals surface area contributed by atoms with Gasteiger partial charge in [-0.2, -0.15) is 0 Å². The van der Waals surface area contributed by atoms with Crippen molar-refractivity contribution in [3.05, 3.63) is 60.2 Å². The monoisotopic (exact) mass is 342 g/mol. The van der Waals surface area contributed by atoms with Crippen LogP contribution < -0.4 is 0 Å². The maximum Gasteiger partial charge on any atom is 0.0436 e. The molecule has 0 fully saturated rings. The highest BCUT2D eigenvalue weighted by atomic mass is 14.7. The fourth-order valence-corrected chi connectivity index (χ4v) is 3.23. The van der Waals surface area contributed by atoms with Gasteiger partial charge in [0.1, 0.15) is 0 Å². The highest BCUT2D eigenvalue weighted by Crippen LogP contribution is 2.26.